The molecule has 1 unspecified atom stereocenters. The second kappa shape index (κ2) is 5.48. The van der Waals surface area contributed by atoms with Crippen LogP contribution in [0.4, 0.5) is 4.39 Å². The standard InChI is InChI=1S/C12H14ClFN4/c1-2-18-7-8(6-16-18)12(17-15)9-4-3-5-10(13)11(9)14/h3-7,12,17H,2,15H2,1H3. The second-order valence-electron chi connectivity index (χ2n) is 3.87. The van der Waals surface area contributed by atoms with E-state index in [0.717, 1.165) is 12.1 Å². The molecule has 6 heteroatoms. The summed E-state index contributed by atoms with van der Waals surface area (Å²) in [7, 11) is 0. The molecule has 0 aliphatic rings. The molecule has 3 N–H and O–H groups in total. The van der Waals surface area contributed by atoms with Crippen LogP contribution in [-0.2, 0) is 6.54 Å². The molecular formula is C12H14ClFN4. The van der Waals surface area contributed by atoms with Crippen molar-refractivity contribution >= 4 is 11.6 Å². The minimum Gasteiger partial charge on any atom is -0.273 e. The number of benzene rings is 1. The number of nitrogens with one attached hydrogen (secondary N) is 1. The van der Waals surface area contributed by atoms with Crippen molar-refractivity contribution in [3.8, 4) is 0 Å². The molecule has 0 saturated heterocycles. The molecule has 0 aliphatic heterocycles. The Kier molecular flexibility index (Phi) is 3.96. The Morgan fingerprint density at radius 2 is 2.33 bits per heavy atom. The molecule has 0 aliphatic carbocycles. The van der Waals surface area contributed by atoms with Gasteiger partial charge in [-0.2, -0.15) is 5.10 Å². The van der Waals surface area contributed by atoms with E-state index in [1.807, 2.05) is 13.1 Å². The highest BCUT2D eigenvalue weighted by Crippen LogP contribution is 2.27. The number of hydrazine groups is 1. The molecule has 2 aromatic rings. The fourth-order valence-electron chi connectivity index (χ4n) is 1.81. The van der Waals surface area contributed by atoms with Gasteiger partial charge in [-0.1, -0.05) is 23.7 Å². The van der Waals surface area contributed by atoms with Crippen LogP contribution in [0.3, 0.4) is 0 Å². The first kappa shape index (κ1) is 13.0. The van der Waals surface area contributed by atoms with Crippen molar-refractivity contribution in [2.24, 2.45) is 5.84 Å². The zero-order valence-electron chi connectivity index (χ0n) is 9.90. The van der Waals surface area contributed by atoms with Gasteiger partial charge in [0.2, 0.25) is 0 Å². The molecule has 0 fully saturated rings. The molecule has 96 valence electrons. The van der Waals surface area contributed by atoms with Crippen LogP contribution in [0.15, 0.2) is 30.6 Å². The number of aryl methyl sites for hydroxylation is 1. The van der Waals surface area contributed by atoms with Crippen molar-refractivity contribution in [1.82, 2.24) is 15.2 Å². The lowest BCUT2D eigenvalue weighted by atomic mass is 10.0. The largest absolute Gasteiger partial charge is 0.273 e. The monoisotopic (exact) mass is 268 g/mol. The van der Waals surface area contributed by atoms with E-state index in [2.05, 4.69) is 10.5 Å². The third kappa shape index (κ3) is 2.38. The first-order chi connectivity index (χ1) is 8.67. The maximum Gasteiger partial charge on any atom is 0.146 e. The Morgan fingerprint density at radius 3 is 2.94 bits per heavy atom. The first-order valence-corrected chi connectivity index (χ1v) is 5.97. The molecule has 0 spiro atoms. The Bertz CT molecular complexity index is 541. The summed E-state index contributed by atoms with van der Waals surface area (Å²) in [5.41, 5.74) is 3.78. The van der Waals surface area contributed by atoms with Gasteiger partial charge in [-0.3, -0.25) is 10.5 Å². The fraction of sp³-hybridized carbons (Fsp3) is 0.250. The SMILES string of the molecule is CCn1cc(C(NN)c2cccc(Cl)c2F)cn1. The third-order valence-corrected chi connectivity index (χ3v) is 3.06. The lowest BCUT2D eigenvalue weighted by molar-refractivity contribution is 0.559. The number of halogens is 2. The Labute approximate surface area is 110 Å². The molecule has 2 rings (SSSR count). The van der Waals surface area contributed by atoms with Gasteiger partial charge in [-0.15, -0.1) is 0 Å². The number of rotatable bonds is 4. The van der Waals surface area contributed by atoms with E-state index in [1.165, 1.54) is 6.07 Å². The number of hydrogen-bond donors (Lipinski definition) is 2. The molecular weight excluding hydrogens is 255 g/mol. The van der Waals surface area contributed by atoms with Gasteiger partial charge in [0.15, 0.2) is 0 Å². The zero-order valence-corrected chi connectivity index (χ0v) is 10.7. The molecule has 1 atom stereocenters. The summed E-state index contributed by atoms with van der Waals surface area (Å²) >= 11 is 5.77. The molecule has 1 heterocycles. The predicted octanol–water partition coefficient (Wildman–Crippen LogP) is 2.25. The number of nitrogens with two attached hydrogens (primary N) is 1. The summed E-state index contributed by atoms with van der Waals surface area (Å²) in [6.07, 6.45) is 3.49. The number of nitrogens with zero attached hydrogens (tertiary/aromatic N) is 2. The predicted molar refractivity (Wildman–Crippen MR) is 68.5 cm³/mol. The van der Waals surface area contributed by atoms with Crippen LogP contribution in [0, 0.1) is 5.82 Å². The highest BCUT2D eigenvalue weighted by molar-refractivity contribution is 6.30. The van der Waals surface area contributed by atoms with Crippen LogP contribution in [0.25, 0.3) is 0 Å². The van der Waals surface area contributed by atoms with Crippen molar-refractivity contribution in [2.75, 3.05) is 0 Å². The number of aromatic nitrogens is 2. The van der Waals surface area contributed by atoms with E-state index >= 15 is 0 Å². The maximum absolute atomic E-state index is 14.0. The molecule has 1 aromatic carbocycles. The Balaban J connectivity index is 2.41. The summed E-state index contributed by atoms with van der Waals surface area (Å²) in [5.74, 6) is 5.04. The van der Waals surface area contributed by atoms with Gasteiger partial charge in [0.05, 0.1) is 17.3 Å². The lowest BCUT2D eigenvalue weighted by Crippen LogP contribution is -2.29. The van der Waals surface area contributed by atoms with E-state index < -0.39 is 11.9 Å². The zero-order chi connectivity index (χ0) is 13.1. The van der Waals surface area contributed by atoms with E-state index in [4.69, 9.17) is 17.4 Å². The summed E-state index contributed by atoms with van der Waals surface area (Å²) in [6, 6.07) is 4.37. The van der Waals surface area contributed by atoms with Gasteiger partial charge < -0.3 is 0 Å². The van der Waals surface area contributed by atoms with E-state index in [0.29, 0.717) is 5.56 Å². The maximum atomic E-state index is 14.0. The van der Waals surface area contributed by atoms with Crippen molar-refractivity contribution < 1.29 is 4.39 Å². The molecule has 1 aromatic heterocycles. The highest BCUT2D eigenvalue weighted by Gasteiger charge is 2.19. The fourth-order valence-corrected chi connectivity index (χ4v) is 1.99. The Morgan fingerprint density at radius 1 is 1.56 bits per heavy atom. The molecule has 18 heavy (non-hydrogen) atoms. The third-order valence-electron chi connectivity index (χ3n) is 2.77. The highest BCUT2D eigenvalue weighted by atomic mass is 35.5. The van der Waals surface area contributed by atoms with E-state index in [-0.39, 0.29) is 5.02 Å². The number of hydrogen-bond acceptors (Lipinski definition) is 3. The molecule has 0 bridgehead atoms. The van der Waals surface area contributed by atoms with Crippen molar-refractivity contribution in [3.05, 3.63) is 52.6 Å². The summed E-state index contributed by atoms with van der Waals surface area (Å²) in [6.45, 7) is 2.72. The quantitative estimate of drug-likeness (QED) is 0.661. The van der Waals surface area contributed by atoms with Crippen LogP contribution >= 0.6 is 11.6 Å². The van der Waals surface area contributed by atoms with E-state index in [1.54, 1.807) is 23.0 Å². The minimum absolute atomic E-state index is 0.0793. The van der Waals surface area contributed by atoms with Crippen LogP contribution in [-0.4, -0.2) is 9.78 Å². The van der Waals surface area contributed by atoms with Gasteiger partial charge in [0.1, 0.15) is 5.82 Å². The van der Waals surface area contributed by atoms with Gasteiger partial charge >= 0.3 is 0 Å². The average Bonchev–Trinajstić information content (AvgIpc) is 2.84. The van der Waals surface area contributed by atoms with Gasteiger partial charge in [-0.05, 0) is 13.0 Å². The van der Waals surface area contributed by atoms with Crippen LogP contribution < -0.4 is 11.3 Å². The molecule has 0 saturated carbocycles. The minimum atomic E-state index is -0.469. The summed E-state index contributed by atoms with van der Waals surface area (Å²) < 4.78 is 15.7. The molecule has 0 amide bonds. The van der Waals surface area contributed by atoms with Crippen molar-refractivity contribution in [3.63, 3.8) is 0 Å². The van der Waals surface area contributed by atoms with Gasteiger partial charge in [0.25, 0.3) is 0 Å². The molecule has 0 radical (unpaired) electrons. The van der Waals surface area contributed by atoms with E-state index in [9.17, 15) is 4.39 Å². The van der Waals surface area contributed by atoms with Crippen molar-refractivity contribution in [2.45, 2.75) is 19.5 Å². The normalized spacial score (nSPS) is 12.7. The van der Waals surface area contributed by atoms with Crippen LogP contribution in [0.2, 0.25) is 5.02 Å². The van der Waals surface area contributed by atoms with Gasteiger partial charge in [-0.25, -0.2) is 9.82 Å². The second-order valence-corrected chi connectivity index (χ2v) is 4.28. The summed E-state index contributed by atoms with van der Waals surface area (Å²) in [5, 5.41) is 4.23. The lowest BCUT2D eigenvalue weighted by Gasteiger charge is -2.15. The topological polar surface area (TPSA) is 55.9 Å². The van der Waals surface area contributed by atoms with Gasteiger partial charge in [0, 0.05) is 23.9 Å². The summed E-state index contributed by atoms with van der Waals surface area (Å²) in [4.78, 5) is 0. The van der Waals surface area contributed by atoms with Crippen molar-refractivity contribution in [1.29, 1.82) is 0 Å². The smallest absolute Gasteiger partial charge is 0.146 e. The first-order valence-electron chi connectivity index (χ1n) is 5.59. The van der Waals surface area contributed by atoms with Crippen LogP contribution in [0.5, 0.6) is 0 Å². The van der Waals surface area contributed by atoms with Crippen LogP contribution in [0.1, 0.15) is 24.1 Å². The Hall–Kier alpha value is -1.43. The average molecular weight is 269 g/mol. The molecule has 4 nitrogen and oxygen atoms in total.